The van der Waals surface area contributed by atoms with Crippen molar-refractivity contribution in [3.8, 4) is 0 Å². The highest BCUT2D eigenvalue weighted by Crippen LogP contribution is 2.33. The van der Waals surface area contributed by atoms with Crippen LogP contribution in [-0.4, -0.2) is 0 Å². The van der Waals surface area contributed by atoms with E-state index >= 15 is 0 Å². The van der Waals surface area contributed by atoms with E-state index < -0.39 is 11.6 Å². The maximum atomic E-state index is 13.5. The third-order valence-electron chi connectivity index (χ3n) is 3.21. The van der Waals surface area contributed by atoms with E-state index in [0.717, 1.165) is 25.7 Å². The van der Waals surface area contributed by atoms with Crippen LogP contribution < -0.4 is 0 Å². The van der Waals surface area contributed by atoms with Crippen LogP contribution in [0, 0.1) is 17.7 Å². The first-order chi connectivity index (χ1) is 7.29. The van der Waals surface area contributed by atoms with Gasteiger partial charge in [0.05, 0.1) is 0 Å². The molecule has 0 aliphatic heterocycles. The quantitative estimate of drug-likeness (QED) is 0.608. The van der Waals surface area contributed by atoms with Crippen LogP contribution in [0.3, 0.4) is 0 Å². The Morgan fingerprint density at radius 3 is 2.40 bits per heavy atom. The number of rotatable bonds is 1. The molecule has 0 spiro atoms. The summed E-state index contributed by atoms with van der Waals surface area (Å²) in [4.78, 5) is 0. The fraction of sp³-hybridized carbons (Fsp3) is 0.538. The van der Waals surface area contributed by atoms with E-state index in [2.05, 4.69) is 6.07 Å². The Hall–Kier alpha value is -0.920. The van der Waals surface area contributed by atoms with Gasteiger partial charge in [-0.3, -0.25) is 0 Å². The van der Waals surface area contributed by atoms with Gasteiger partial charge in [0, 0.05) is 6.07 Å². The minimum Gasteiger partial charge on any atom is -0.203 e. The molecule has 1 saturated carbocycles. The molecule has 0 amide bonds. The maximum absolute atomic E-state index is 13.5. The highest BCUT2D eigenvalue weighted by molar-refractivity contribution is 5.22. The van der Waals surface area contributed by atoms with Crippen LogP contribution in [0.15, 0.2) is 12.1 Å². The summed E-state index contributed by atoms with van der Waals surface area (Å²) in [6.45, 7) is 0. The van der Waals surface area contributed by atoms with Crippen LogP contribution in [0.5, 0.6) is 0 Å². The third kappa shape index (κ3) is 2.36. The van der Waals surface area contributed by atoms with Crippen LogP contribution >= 0.6 is 0 Å². The molecule has 0 N–H and O–H groups in total. The van der Waals surface area contributed by atoms with Crippen molar-refractivity contribution in [2.45, 2.75) is 44.4 Å². The molecule has 1 aliphatic carbocycles. The Balaban J connectivity index is 2.23. The second-order valence-electron chi connectivity index (χ2n) is 4.25. The number of hydrogen-bond donors (Lipinski definition) is 0. The van der Waals surface area contributed by atoms with Gasteiger partial charge in [0.2, 0.25) is 0 Å². The summed E-state index contributed by atoms with van der Waals surface area (Å²) >= 11 is 0. The molecule has 1 radical (unpaired) electrons. The summed E-state index contributed by atoms with van der Waals surface area (Å²) in [5.41, 5.74) is 0.549. The summed E-state index contributed by atoms with van der Waals surface area (Å²) in [6, 6.07) is 5.41. The molecule has 0 bridgehead atoms. The van der Waals surface area contributed by atoms with E-state index in [-0.39, 0.29) is 5.92 Å². The first kappa shape index (κ1) is 10.6. The molecule has 1 fully saturated rings. The van der Waals surface area contributed by atoms with Gasteiger partial charge >= 0.3 is 0 Å². The predicted octanol–water partition coefficient (Wildman–Crippen LogP) is 4.20. The molecule has 0 aromatic heterocycles. The van der Waals surface area contributed by atoms with E-state index in [9.17, 15) is 8.78 Å². The Kier molecular flexibility index (Phi) is 3.34. The lowest BCUT2D eigenvalue weighted by atomic mass is 9.91. The normalized spacial score (nSPS) is 18.8. The van der Waals surface area contributed by atoms with Crippen LogP contribution in [0.25, 0.3) is 0 Å². The van der Waals surface area contributed by atoms with Gasteiger partial charge in [-0.2, -0.15) is 0 Å². The molecule has 15 heavy (non-hydrogen) atoms. The Labute approximate surface area is 89.3 Å². The summed E-state index contributed by atoms with van der Waals surface area (Å²) in [5, 5.41) is 0. The molecule has 0 nitrogen and oxygen atoms in total. The Morgan fingerprint density at radius 1 is 1.07 bits per heavy atom. The third-order valence-corrected chi connectivity index (χ3v) is 3.21. The monoisotopic (exact) mass is 209 g/mol. The maximum Gasteiger partial charge on any atom is 0.167 e. The van der Waals surface area contributed by atoms with Crippen molar-refractivity contribution in [1.82, 2.24) is 0 Å². The van der Waals surface area contributed by atoms with Gasteiger partial charge in [-0.25, -0.2) is 8.78 Å². The first-order valence-electron chi connectivity index (χ1n) is 5.64. The molecule has 1 aromatic carbocycles. The van der Waals surface area contributed by atoms with Gasteiger partial charge in [0.25, 0.3) is 0 Å². The first-order valence-corrected chi connectivity index (χ1v) is 5.64. The Bertz CT molecular complexity index is 325. The number of halogens is 2. The van der Waals surface area contributed by atoms with Crippen molar-refractivity contribution < 1.29 is 8.78 Å². The Morgan fingerprint density at radius 2 is 1.73 bits per heavy atom. The fourth-order valence-electron chi connectivity index (χ4n) is 2.37. The van der Waals surface area contributed by atoms with Crippen molar-refractivity contribution in [1.29, 1.82) is 0 Å². The number of benzene rings is 1. The molecule has 1 aliphatic rings. The summed E-state index contributed by atoms with van der Waals surface area (Å²) in [7, 11) is 0. The van der Waals surface area contributed by atoms with Gasteiger partial charge in [-0.05, 0) is 24.3 Å². The lowest BCUT2D eigenvalue weighted by molar-refractivity contribution is 0.474. The largest absolute Gasteiger partial charge is 0.203 e. The van der Waals surface area contributed by atoms with Crippen LogP contribution in [0.4, 0.5) is 8.78 Å². The molecule has 0 saturated heterocycles. The second-order valence-corrected chi connectivity index (χ2v) is 4.25. The van der Waals surface area contributed by atoms with Gasteiger partial charge in [-0.1, -0.05) is 37.8 Å². The molecule has 81 valence electrons. The average molecular weight is 209 g/mol. The highest BCUT2D eigenvalue weighted by Gasteiger charge is 2.19. The zero-order valence-electron chi connectivity index (χ0n) is 8.73. The summed E-state index contributed by atoms with van der Waals surface area (Å²) in [5.74, 6) is -1.32. The van der Waals surface area contributed by atoms with Crippen LogP contribution in [0.2, 0.25) is 0 Å². The molecular formula is C13H15F2. The zero-order chi connectivity index (χ0) is 10.7. The van der Waals surface area contributed by atoms with Crippen LogP contribution in [-0.2, 0) is 0 Å². The van der Waals surface area contributed by atoms with Gasteiger partial charge in [0.1, 0.15) is 0 Å². The number of hydrogen-bond acceptors (Lipinski definition) is 0. The fourth-order valence-corrected chi connectivity index (χ4v) is 2.37. The summed E-state index contributed by atoms with van der Waals surface area (Å²) in [6.07, 6.45) is 6.68. The van der Waals surface area contributed by atoms with Gasteiger partial charge < -0.3 is 0 Å². The minimum atomic E-state index is -0.836. The van der Waals surface area contributed by atoms with E-state index in [1.54, 1.807) is 6.07 Å². The molecule has 2 rings (SSSR count). The van der Waals surface area contributed by atoms with E-state index in [4.69, 9.17) is 0 Å². The van der Waals surface area contributed by atoms with Crippen molar-refractivity contribution in [2.75, 3.05) is 0 Å². The van der Waals surface area contributed by atoms with Gasteiger partial charge in [0.15, 0.2) is 11.6 Å². The van der Waals surface area contributed by atoms with Crippen molar-refractivity contribution >= 4 is 0 Å². The van der Waals surface area contributed by atoms with E-state index in [1.165, 1.54) is 18.9 Å². The van der Waals surface area contributed by atoms with E-state index in [1.807, 2.05) is 0 Å². The van der Waals surface area contributed by atoms with Crippen molar-refractivity contribution in [3.05, 3.63) is 35.4 Å². The molecule has 0 atom stereocenters. The molecule has 2 heteroatoms. The predicted molar refractivity (Wildman–Crippen MR) is 55.6 cm³/mol. The smallest absolute Gasteiger partial charge is 0.167 e. The standard InChI is InChI=1S/C13H15F2/c14-12-9-5-8-11(13(12)15)10-6-3-1-2-4-7-10/h5,8,10H,1-4,6-7H2. The SMILES string of the molecule is Fc1[c]ccc(C2CCCCCC2)c1F. The average Bonchev–Trinajstić information content (AvgIpc) is 2.50. The lowest BCUT2D eigenvalue weighted by Gasteiger charge is -2.15. The topological polar surface area (TPSA) is 0 Å². The minimum absolute atomic E-state index is 0.205. The zero-order valence-corrected chi connectivity index (χ0v) is 8.73. The lowest BCUT2D eigenvalue weighted by Crippen LogP contribution is -2.02. The van der Waals surface area contributed by atoms with Crippen LogP contribution in [0.1, 0.15) is 50.0 Å². The molecule has 0 heterocycles. The summed E-state index contributed by atoms with van der Waals surface area (Å²) < 4.78 is 26.5. The molecule has 1 aromatic rings. The van der Waals surface area contributed by atoms with Gasteiger partial charge in [-0.15, -0.1) is 0 Å². The highest BCUT2D eigenvalue weighted by atomic mass is 19.2. The second kappa shape index (κ2) is 4.73. The van der Waals surface area contributed by atoms with Crippen molar-refractivity contribution in [2.24, 2.45) is 0 Å². The molecule has 0 unspecified atom stereocenters. The van der Waals surface area contributed by atoms with E-state index in [0.29, 0.717) is 5.56 Å². The van der Waals surface area contributed by atoms with Crippen molar-refractivity contribution in [3.63, 3.8) is 0 Å². The molecular weight excluding hydrogens is 194 g/mol.